The summed E-state index contributed by atoms with van der Waals surface area (Å²) in [4.78, 5) is 27.0. The van der Waals surface area contributed by atoms with Gasteiger partial charge in [0.2, 0.25) is 0 Å². The molecule has 2 amide bonds. The Hall–Kier alpha value is -2.52. The highest BCUT2D eigenvalue weighted by atomic mass is 32.2. The highest BCUT2D eigenvalue weighted by Crippen LogP contribution is 2.28. The van der Waals surface area contributed by atoms with Crippen LogP contribution in [0.5, 0.6) is 0 Å². The van der Waals surface area contributed by atoms with E-state index in [-0.39, 0.29) is 5.24 Å². The Balaban J connectivity index is 2.07. The number of aromatic nitrogens is 1. The molecule has 2 aromatic heterocycles. The molecule has 1 N–H and O–H groups in total. The van der Waals surface area contributed by atoms with Gasteiger partial charge in [0.05, 0.1) is 10.5 Å². The van der Waals surface area contributed by atoms with Crippen LogP contribution < -0.4 is 5.32 Å². The number of hydrogen-bond acceptors (Lipinski definition) is 5. The second-order valence-electron chi connectivity index (χ2n) is 3.98. The Bertz CT molecular complexity index is 824. The highest BCUT2D eigenvalue weighted by Gasteiger charge is 2.25. The molecule has 1 aliphatic heterocycles. The summed E-state index contributed by atoms with van der Waals surface area (Å²) in [6.07, 6.45) is 4.82. The van der Waals surface area contributed by atoms with Crippen molar-refractivity contribution in [2.24, 2.45) is 0 Å². The summed E-state index contributed by atoms with van der Waals surface area (Å²) in [6.45, 7) is 1.73. The number of imide groups is 1. The van der Waals surface area contributed by atoms with E-state index in [4.69, 9.17) is 4.42 Å². The van der Waals surface area contributed by atoms with E-state index >= 15 is 0 Å². The van der Waals surface area contributed by atoms with Crippen LogP contribution >= 0.6 is 11.8 Å². The van der Waals surface area contributed by atoms with E-state index in [2.05, 4.69) is 22.1 Å². The second-order valence-corrected chi connectivity index (χ2v) is 5.00. The van der Waals surface area contributed by atoms with E-state index in [9.17, 15) is 9.59 Å². The summed E-state index contributed by atoms with van der Waals surface area (Å²) in [5.41, 5.74) is 1.31. The highest BCUT2D eigenvalue weighted by molar-refractivity contribution is 8.18. The molecule has 0 bridgehead atoms. The molecule has 20 heavy (non-hydrogen) atoms. The second kappa shape index (κ2) is 4.87. The zero-order valence-corrected chi connectivity index (χ0v) is 11.2. The van der Waals surface area contributed by atoms with Crippen molar-refractivity contribution in [1.82, 2.24) is 10.3 Å². The van der Waals surface area contributed by atoms with Crippen molar-refractivity contribution in [3.05, 3.63) is 34.7 Å². The molecule has 1 saturated heterocycles. The van der Waals surface area contributed by atoms with Crippen molar-refractivity contribution in [3.8, 4) is 11.8 Å². The lowest BCUT2D eigenvalue weighted by Crippen LogP contribution is -2.17. The van der Waals surface area contributed by atoms with Crippen molar-refractivity contribution < 1.29 is 14.0 Å². The van der Waals surface area contributed by atoms with Gasteiger partial charge in [0.1, 0.15) is 5.76 Å². The van der Waals surface area contributed by atoms with Crippen LogP contribution in [-0.2, 0) is 4.79 Å². The normalized spacial score (nSPS) is 16.4. The number of nitrogens with zero attached hydrogens (tertiary/aromatic N) is 1. The minimum absolute atomic E-state index is 0.310. The van der Waals surface area contributed by atoms with Gasteiger partial charge in [-0.05, 0) is 24.8 Å². The molecule has 0 spiro atoms. The molecule has 1 aliphatic rings. The molecule has 0 unspecified atom stereocenters. The first-order valence-electron chi connectivity index (χ1n) is 5.72. The third-order valence-corrected chi connectivity index (χ3v) is 3.43. The van der Waals surface area contributed by atoms with E-state index in [0.29, 0.717) is 21.8 Å². The Morgan fingerprint density at radius 2 is 2.25 bits per heavy atom. The first-order valence-corrected chi connectivity index (χ1v) is 6.54. The number of carbonyl (C=O) groups is 2. The van der Waals surface area contributed by atoms with Crippen LogP contribution in [0.1, 0.15) is 18.2 Å². The maximum Gasteiger partial charge on any atom is 0.290 e. The molecule has 3 heterocycles. The molecule has 0 atom stereocenters. The van der Waals surface area contributed by atoms with Crippen LogP contribution in [0.4, 0.5) is 4.79 Å². The number of furan rings is 1. The fourth-order valence-corrected chi connectivity index (χ4v) is 2.49. The molecule has 0 saturated carbocycles. The minimum atomic E-state index is -0.410. The third kappa shape index (κ3) is 2.19. The first kappa shape index (κ1) is 12.5. The standard InChI is InChI=1S/C14H8N2O3S/c1-2-3-8-6-15-7-9-4-10(19-12(8)9)5-11-13(17)16-14(18)20-11/h4-7H,1H3,(H,16,17,18)/b11-5+. The van der Waals surface area contributed by atoms with Gasteiger partial charge in [-0.2, -0.15) is 0 Å². The number of amides is 2. The van der Waals surface area contributed by atoms with Crippen molar-refractivity contribution >= 4 is 40.0 Å². The van der Waals surface area contributed by atoms with Crippen LogP contribution in [-0.4, -0.2) is 16.1 Å². The molecule has 1 fully saturated rings. The molecule has 0 radical (unpaired) electrons. The average molecular weight is 284 g/mol. The lowest BCUT2D eigenvalue weighted by atomic mass is 10.2. The molecule has 0 aromatic carbocycles. The number of nitrogens with one attached hydrogen (secondary N) is 1. The fraction of sp³-hybridized carbons (Fsp3) is 0.0714. The Kier molecular flexibility index (Phi) is 3.05. The predicted octanol–water partition coefficient (Wildman–Crippen LogP) is 2.52. The fourth-order valence-electron chi connectivity index (χ4n) is 1.83. The van der Waals surface area contributed by atoms with Gasteiger partial charge in [-0.25, -0.2) is 0 Å². The average Bonchev–Trinajstić information content (AvgIpc) is 2.94. The van der Waals surface area contributed by atoms with Crippen LogP contribution in [0, 0.1) is 11.8 Å². The Morgan fingerprint density at radius 1 is 1.40 bits per heavy atom. The smallest absolute Gasteiger partial charge is 0.290 e. The van der Waals surface area contributed by atoms with Crippen LogP contribution in [0.3, 0.4) is 0 Å². The minimum Gasteiger partial charge on any atom is -0.455 e. The zero-order chi connectivity index (χ0) is 14.1. The summed E-state index contributed by atoms with van der Waals surface area (Å²) >= 11 is 0.851. The maximum absolute atomic E-state index is 11.5. The summed E-state index contributed by atoms with van der Waals surface area (Å²) < 4.78 is 5.67. The molecule has 98 valence electrons. The SMILES string of the molecule is CC#Cc1cncc2cc(/C=C3/SC(=O)NC3=O)oc12. The van der Waals surface area contributed by atoms with Gasteiger partial charge in [0.15, 0.2) is 5.58 Å². The van der Waals surface area contributed by atoms with Crippen LogP contribution in [0.2, 0.25) is 0 Å². The van der Waals surface area contributed by atoms with E-state index in [1.54, 1.807) is 25.4 Å². The van der Waals surface area contributed by atoms with Crippen molar-refractivity contribution in [2.75, 3.05) is 0 Å². The van der Waals surface area contributed by atoms with E-state index in [1.165, 1.54) is 6.08 Å². The lowest BCUT2D eigenvalue weighted by Gasteiger charge is -1.91. The van der Waals surface area contributed by atoms with Gasteiger partial charge >= 0.3 is 0 Å². The summed E-state index contributed by atoms with van der Waals surface area (Å²) in [6, 6.07) is 1.76. The molecule has 5 nitrogen and oxygen atoms in total. The van der Waals surface area contributed by atoms with Crippen molar-refractivity contribution in [1.29, 1.82) is 0 Å². The molecule has 2 aromatic rings. The van der Waals surface area contributed by atoms with Crippen molar-refractivity contribution in [2.45, 2.75) is 6.92 Å². The lowest BCUT2D eigenvalue weighted by molar-refractivity contribution is -0.115. The number of fused-ring (bicyclic) bond motifs is 1. The third-order valence-electron chi connectivity index (χ3n) is 2.62. The number of pyridine rings is 1. The quantitative estimate of drug-likeness (QED) is 0.643. The van der Waals surface area contributed by atoms with Gasteiger partial charge in [-0.1, -0.05) is 5.92 Å². The molecule has 3 rings (SSSR count). The number of rotatable bonds is 1. The monoisotopic (exact) mass is 284 g/mol. The number of hydrogen-bond donors (Lipinski definition) is 1. The Morgan fingerprint density at radius 3 is 2.95 bits per heavy atom. The largest absolute Gasteiger partial charge is 0.455 e. The van der Waals surface area contributed by atoms with Crippen LogP contribution in [0.25, 0.3) is 17.0 Å². The zero-order valence-electron chi connectivity index (χ0n) is 10.4. The van der Waals surface area contributed by atoms with E-state index in [0.717, 1.165) is 17.1 Å². The summed E-state index contributed by atoms with van der Waals surface area (Å²) in [5, 5.41) is 2.61. The number of thioether (sulfide) groups is 1. The maximum atomic E-state index is 11.5. The molecule has 0 aliphatic carbocycles. The predicted molar refractivity (Wildman–Crippen MR) is 75.7 cm³/mol. The van der Waals surface area contributed by atoms with Gasteiger partial charge in [-0.15, -0.1) is 5.92 Å². The molecular formula is C14H8N2O3S. The summed E-state index contributed by atoms with van der Waals surface area (Å²) in [5.74, 6) is 5.78. The topological polar surface area (TPSA) is 72.2 Å². The Labute approximate surface area is 118 Å². The van der Waals surface area contributed by atoms with Crippen LogP contribution in [0.15, 0.2) is 27.8 Å². The molecular weight excluding hydrogens is 276 g/mol. The van der Waals surface area contributed by atoms with E-state index < -0.39 is 5.91 Å². The summed E-state index contributed by atoms with van der Waals surface area (Å²) in [7, 11) is 0. The van der Waals surface area contributed by atoms with Gasteiger partial charge < -0.3 is 4.42 Å². The van der Waals surface area contributed by atoms with Gasteiger partial charge in [-0.3, -0.25) is 19.9 Å². The molecule has 6 heteroatoms. The van der Waals surface area contributed by atoms with Gasteiger partial charge in [0.25, 0.3) is 11.1 Å². The van der Waals surface area contributed by atoms with Crippen molar-refractivity contribution in [3.63, 3.8) is 0 Å². The van der Waals surface area contributed by atoms with E-state index in [1.807, 2.05) is 0 Å². The number of carbonyl (C=O) groups excluding carboxylic acids is 2. The first-order chi connectivity index (χ1) is 9.67. The van der Waals surface area contributed by atoms with Gasteiger partial charge in [0, 0.05) is 23.9 Å².